The Balaban J connectivity index is 1.87. The van der Waals surface area contributed by atoms with Gasteiger partial charge < -0.3 is 19.3 Å². The predicted molar refractivity (Wildman–Crippen MR) is 69.4 cm³/mol. The average Bonchev–Trinajstić information content (AvgIpc) is 2.42. The summed E-state index contributed by atoms with van der Waals surface area (Å²) in [5.41, 5.74) is 1.16. The molecule has 0 aliphatic rings. The molecule has 0 heterocycles. The Labute approximate surface area is 108 Å². The number of aliphatic hydroxyl groups excluding tert-OH is 1. The summed E-state index contributed by atoms with van der Waals surface area (Å²) in [6.45, 7) is 4.64. The van der Waals surface area contributed by atoms with Gasteiger partial charge in [-0.3, -0.25) is 0 Å². The summed E-state index contributed by atoms with van der Waals surface area (Å²) < 4.78 is 16.0. The topological polar surface area (TPSA) is 47.9 Å². The highest BCUT2D eigenvalue weighted by Crippen LogP contribution is 1.99. The SMILES string of the molecule is CC(CO)OCCOCCOCc1ccccc1. The van der Waals surface area contributed by atoms with Crippen molar-refractivity contribution in [2.24, 2.45) is 0 Å². The van der Waals surface area contributed by atoms with Crippen molar-refractivity contribution in [3.8, 4) is 0 Å². The molecular formula is C14H22O4. The van der Waals surface area contributed by atoms with Gasteiger partial charge in [-0.2, -0.15) is 0 Å². The quantitative estimate of drug-likeness (QED) is 0.645. The largest absolute Gasteiger partial charge is 0.394 e. The van der Waals surface area contributed by atoms with Crippen LogP contribution < -0.4 is 0 Å². The third-order valence-electron chi connectivity index (χ3n) is 2.37. The fourth-order valence-corrected chi connectivity index (χ4v) is 1.35. The van der Waals surface area contributed by atoms with Crippen LogP contribution in [0.4, 0.5) is 0 Å². The second-order valence-corrected chi connectivity index (χ2v) is 4.01. The summed E-state index contributed by atoms with van der Waals surface area (Å²) >= 11 is 0. The molecule has 1 aromatic rings. The maximum Gasteiger partial charge on any atom is 0.0778 e. The zero-order chi connectivity index (χ0) is 13.1. The summed E-state index contributed by atoms with van der Waals surface area (Å²) in [6.07, 6.45) is -0.122. The molecule has 0 saturated heterocycles. The van der Waals surface area contributed by atoms with Crippen molar-refractivity contribution < 1.29 is 19.3 Å². The smallest absolute Gasteiger partial charge is 0.0778 e. The Morgan fingerprint density at radius 1 is 1.00 bits per heavy atom. The van der Waals surface area contributed by atoms with Crippen LogP contribution in [0.1, 0.15) is 12.5 Å². The third kappa shape index (κ3) is 7.40. The highest BCUT2D eigenvalue weighted by atomic mass is 16.5. The molecular weight excluding hydrogens is 232 g/mol. The molecule has 4 heteroatoms. The van der Waals surface area contributed by atoms with E-state index < -0.39 is 0 Å². The van der Waals surface area contributed by atoms with E-state index in [1.807, 2.05) is 37.3 Å². The summed E-state index contributed by atoms with van der Waals surface area (Å²) in [5, 5.41) is 8.73. The van der Waals surface area contributed by atoms with Crippen LogP contribution in [0.3, 0.4) is 0 Å². The lowest BCUT2D eigenvalue weighted by molar-refractivity contribution is -0.0231. The molecule has 0 spiro atoms. The molecule has 0 aliphatic carbocycles. The first-order chi connectivity index (χ1) is 8.83. The van der Waals surface area contributed by atoms with E-state index in [0.717, 1.165) is 5.56 Å². The predicted octanol–water partition coefficient (Wildman–Crippen LogP) is 1.62. The van der Waals surface area contributed by atoms with Gasteiger partial charge in [-0.05, 0) is 12.5 Å². The first-order valence-corrected chi connectivity index (χ1v) is 6.25. The van der Waals surface area contributed by atoms with Gasteiger partial charge >= 0.3 is 0 Å². The van der Waals surface area contributed by atoms with Crippen LogP contribution in [0.5, 0.6) is 0 Å². The van der Waals surface area contributed by atoms with Gasteiger partial charge in [-0.25, -0.2) is 0 Å². The summed E-state index contributed by atoms with van der Waals surface area (Å²) in [7, 11) is 0. The van der Waals surface area contributed by atoms with Crippen LogP contribution in [0.25, 0.3) is 0 Å². The fraction of sp³-hybridized carbons (Fsp3) is 0.571. The molecule has 4 nitrogen and oxygen atoms in total. The number of rotatable bonds is 10. The van der Waals surface area contributed by atoms with E-state index in [9.17, 15) is 0 Å². The van der Waals surface area contributed by atoms with Gasteiger partial charge in [0.25, 0.3) is 0 Å². The Morgan fingerprint density at radius 3 is 2.39 bits per heavy atom. The zero-order valence-electron chi connectivity index (χ0n) is 10.9. The average molecular weight is 254 g/mol. The molecule has 0 amide bonds. The molecule has 0 fully saturated rings. The molecule has 102 valence electrons. The van der Waals surface area contributed by atoms with Crippen LogP contribution in [0, 0.1) is 0 Å². The minimum atomic E-state index is -0.122. The first-order valence-electron chi connectivity index (χ1n) is 6.25. The van der Waals surface area contributed by atoms with E-state index >= 15 is 0 Å². The third-order valence-corrected chi connectivity index (χ3v) is 2.37. The number of hydrogen-bond donors (Lipinski definition) is 1. The molecule has 0 bridgehead atoms. The standard InChI is InChI=1S/C14H22O4/c1-13(11-15)18-10-9-16-7-8-17-12-14-5-3-2-4-6-14/h2-6,13,15H,7-12H2,1H3. The molecule has 1 N–H and O–H groups in total. The van der Waals surface area contributed by atoms with E-state index in [0.29, 0.717) is 33.0 Å². The van der Waals surface area contributed by atoms with Crippen LogP contribution in [-0.4, -0.2) is 44.2 Å². The highest BCUT2D eigenvalue weighted by molar-refractivity contribution is 5.13. The molecule has 0 radical (unpaired) electrons. The van der Waals surface area contributed by atoms with Crippen molar-refractivity contribution in [2.45, 2.75) is 19.6 Å². The van der Waals surface area contributed by atoms with Crippen LogP contribution in [0.2, 0.25) is 0 Å². The van der Waals surface area contributed by atoms with E-state index in [-0.39, 0.29) is 12.7 Å². The molecule has 1 aromatic carbocycles. The fourth-order valence-electron chi connectivity index (χ4n) is 1.35. The molecule has 18 heavy (non-hydrogen) atoms. The molecule has 0 aromatic heterocycles. The van der Waals surface area contributed by atoms with Crippen molar-refractivity contribution >= 4 is 0 Å². The number of aliphatic hydroxyl groups is 1. The van der Waals surface area contributed by atoms with Gasteiger partial charge in [0.1, 0.15) is 0 Å². The van der Waals surface area contributed by atoms with E-state index in [1.54, 1.807) is 0 Å². The lowest BCUT2D eigenvalue weighted by atomic mass is 10.2. The normalized spacial score (nSPS) is 12.6. The monoisotopic (exact) mass is 254 g/mol. The van der Waals surface area contributed by atoms with E-state index in [1.165, 1.54) is 0 Å². The van der Waals surface area contributed by atoms with Crippen LogP contribution >= 0.6 is 0 Å². The van der Waals surface area contributed by atoms with E-state index in [4.69, 9.17) is 19.3 Å². The van der Waals surface area contributed by atoms with Crippen molar-refractivity contribution in [1.82, 2.24) is 0 Å². The van der Waals surface area contributed by atoms with Crippen molar-refractivity contribution in [3.63, 3.8) is 0 Å². The van der Waals surface area contributed by atoms with Gasteiger partial charge in [0, 0.05) is 0 Å². The Kier molecular flexibility index (Phi) is 8.42. The summed E-state index contributed by atoms with van der Waals surface area (Å²) in [6, 6.07) is 10.0. The van der Waals surface area contributed by atoms with Gasteiger partial charge in [0.15, 0.2) is 0 Å². The molecule has 1 rings (SSSR count). The van der Waals surface area contributed by atoms with Gasteiger partial charge in [-0.15, -0.1) is 0 Å². The minimum absolute atomic E-state index is 0.0419. The molecule has 1 atom stereocenters. The number of benzene rings is 1. The summed E-state index contributed by atoms with van der Waals surface area (Å²) in [4.78, 5) is 0. The van der Waals surface area contributed by atoms with Crippen LogP contribution in [-0.2, 0) is 20.8 Å². The number of hydrogen-bond acceptors (Lipinski definition) is 4. The lowest BCUT2D eigenvalue weighted by Gasteiger charge is -2.10. The Bertz CT molecular complexity index is 289. The van der Waals surface area contributed by atoms with Gasteiger partial charge in [0.05, 0.1) is 45.7 Å². The zero-order valence-corrected chi connectivity index (χ0v) is 10.9. The molecule has 1 unspecified atom stereocenters. The maximum atomic E-state index is 8.73. The van der Waals surface area contributed by atoms with Gasteiger partial charge in [-0.1, -0.05) is 30.3 Å². The molecule has 0 aliphatic heterocycles. The van der Waals surface area contributed by atoms with Crippen molar-refractivity contribution in [3.05, 3.63) is 35.9 Å². The molecule has 0 saturated carbocycles. The van der Waals surface area contributed by atoms with E-state index in [2.05, 4.69) is 0 Å². The van der Waals surface area contributed by atoms with Gasteiger partial charge in [0.2, 0.25) is 0 Å². The summed E-state index contributed by atoms with van der Waals surface area (Å²) in [5.74, 6) is 0. The van der Waals surface area contributed by atoms with Crippen molar-refractivity contribution in [2.75, 3.05) is 33.0 Å². The lowest BCUT2D eigenvalue weighted by Crippen LogP contribution is -2.17. The number of ether oxygens (including phenoxy) is 3. The maximum absolute atomic E-state index is 8.73. The highest BCUT2D eigenvalue weighted by Gasteiger charge is 1.98. The van der Waals surface area contributed by atoms with Crippen molar-refractivity contribution in [1.29, 1.82) is 0 Å². The first kappa shape index (κ1) is 15.1. The second kappa shape index (κ2) is 10.0. The van der Waals surface area contributed by atoms with Crippen LogP contribution in [0.15, 0.2) is 30.3 Å². The Hall–Kier alpha value is -0.940. The second-order valence-electron chi connectivity index (χ2n) is 4.01. The Morgan fingerprint density at radius 2 is 1.67 bits per heavy atom. The minimum Gasteiger partial charge on any atom is -0.394 e.